The molecule has 144 valence electrons. The summed E-state index contributed by atoms with van der Waals surface area (Å²) in [7, 11) is 0. The van der Waals surface area contributed by atoms with Gasteiger partial charge in [-0.15, -0.1) is 0 Å². The molecule has 28 heavy (non-hydrogen) atoms. The molecule has 4 rings (SSSR count). The molecule has 3 aromatic rings. The predicted molar refractivity (Wildman–Crippen MR) is 119 cm³/mol. The van der Waals surface area contributed by atoms with Crippen LogP contribution in [0.1, 0.15) is 40.9 Å². The molecule has 6 heteroatoms. The first-order valence-corrected chi connectivity index (χ1v) is 10.7. The maximum absolute atomic E-state index is 9.83. The molecule has 0 bridgehead atoms. The van der Waals surface area contributed by atoms with E-state index in [-0.39, 0.29) is 6.61 Å². The molecule has 1 heterocycles. The summed E-state index contributed by atoms with van der Waals surface area (Å²) in [6, 6.07) is 13.8. The van der Waals surface area contributed by atoms with E-state index in [0.717, 1.165) is 51.8 Å². The highest BCUT2D eigenvalue weighted by Gasteiger charge is 2.24. The van der Waals surface area contributed by atoms with E-state index in [1.54, 1.807) is 6.07 Å². The van der Waals surface area contributed by atoms with E-state index in [1.807, 2.05) is 28.9 Å². The van der Waals surface area contributed by atoms with Crippen molar-refractivity contribution in [3.05, 3.63) is 85.1 Å². The number of fused-ring (bicyclic) bond motifs is 1. The first kappa shape index (κ1) is 19.7. The van der Waals surface area contributed by atoms with Crippen LogP contribution in [0.4, 0.5) is 0 Å². The summed E-state index contributed by atoms with van der Waals surface area (Å²) in [5, 5.41) is 15.8. The molecular formula is C22H19BrCl2N2O. The maximum Gasteiger partial charge on any atom is 0.0917 e. The van der Waals surface area contributed by atoms with E-state index in [9.17, 15) is 5.11 Å². The Morgan fingerprint density at radius 1 is 1.11 bits per heavy atom. The van der Waals surface area contributed by atoms with Crippen LogP contribution in [0.5, 0.6) is 0 Å². The van der Waals surface area contributed by atoms with E-state index in [2.05, 4.69) is 34.1 Å². The average molecular weight is 478 g/mol. The second kappa shape index (κ2) is 8.42. The second-order valence-corrected chi connectivity index (χ2v) is 8.66. The first-order chi connectivity index (χ1) is 13.5. The summed E-state index contributed by atoms with van der Waals surface area (Å²) in [5.41, 5.74) is 6.33. The molecular weight excluding hydrogens is 459 g/mol. The number of halogens is 3. The molecule has 0 fully saturated rings. The predicted octanol–water partition coefficient (Wildman–Crippen LogP) is 6.37. The normalized spacial score (nSPS) is 15.1. The zero-order valence-corrected chi connectivity index (χ0v) is 18.2. The topological polar surface area (TPSA) is 38.1 Å². The van der Waals surface area contributed by atoms with Crippen LogP contribution in [-0.4, -0.2) is 14.9 Å². The number of nitrogens with zero attached hydrogens (tertiary/aromatic N) is 2. The fraction of sp³-hybridized carbons (Fsp3) is 0.227. The van der Waals surface area contributed by atoms with Crippen LogP contribution >= 0.6 is 39.1 Å². The molecule has 0 unspecified atom stereocenters. The van der Waals surface area contributed by atoms with Crippen molar-refractivity contribution < 1.29 is 5.11 Å². The Morgan fingerprint density at radius 2 is 1.89 bits per heavy atom. The van der Waals surface area contributed by atoms with Crippen molar-refractivity contribution in [3.63, 3.8) is 0 Å². The monoisotopic (exact) mass is 476 g/mol. The summed E-state index contributed by atoms with van der Waals surface area (Å²) in [6.07, 6.45) is 5.17. The third-order valence-electron chi connectivity index (χ3n) is 5.01. The highest BCUT2D eigenvalue weighted by atomic mass is 79.9. The molecule has 0 radical (unpaired) electrons. The molecule has 0 saturated heterocycles. The number of aliphatic hydroxyl groups excluding tert-OH is 1. The van der Waals surface area contributed by atoms with Gasteiger partial charge in [0.1, 0.15) is 0 Å². The SMILES string of the molecule is OCc1nn(Cc2ccc(Cl)cc2Cl)c2c1CCCC2=Cc1ccc(Br)cc1. The molecule has 3 nitrogen and oxygen atoms in total. The van der Waals surface area contributed by atoms with Crippen molar-refractivity contribution in [1.29, 1.82) is 0 Å². The summed E-state index contributed by atoms with van der Waals surface area (Å²) in [5.74, 6) is 0. The molecule has 1 aromatic heterocycles. The van der Waals surface area contributed by atoms with Gasteiger partial charge in [0.05, 0.1) is 24.5 Å². The average Bonchev–Trinajstić information content (AvgIpc) is 3.04. The quantitative estimate of drug-likeness (QED) is 0.474. The standard InChI is InChI=1S/C22H19BrCl2N2O/c23-17-7-4-14(5-8-17)10-15-2-1-3-19-21(13-28)26-27(22(15)19)12-16-6-9-18(24)11-20(16)25/h4-11,28H,1-3,12-13H2. The van der Waals surface area contributed by atoms with Gasteiger partial charge in [-0.05, 0) is 66.3 Å². The number of hydrogen-bond acceptors (Lipinski definition) is 2. The third-order valence-corrected chi connectivity index (χ3v) is 6.12. The van der Waals surface area contributed by atoms with Crippen LogP contribution in [-0.2, 0) is 19.6 Å². The van der Waals surface area contributed by atoms with Gasteiger partial charge in [0.15, 0.2) is 0 Å². The van der Waals surface area contributed by atoms with Gasteiger partial charge in [0.25, 0.3) is 0 Å². The van der Waals surface area contributed by atoms with Crippen LogP contribution in [0, 0.1) is 0 Å². The zero-order chi connectivity index (χ0) is 19.7. The van der Waals surface area contributed by atoms with E-state index in [4.69, 9.17) is 28.3 Å². The van der Waals surface area contributed by atoms with Gasteiger partial charge in [-0.3, -0.25) is 4.68 Å². The Bertz CT molecular complexity index is 1040. The number of rotatable bonds is 4. The Hall–Kier alpha value is -1.59. The Kier molecular flexibility index (Phi) is 5.93. The van der Waals surface area contributed by atoms with Crippen LogP contribution < -0.4 is 0 Å². The number of benzene rings is 2. The van der Waals surface area contributed by atoms with Gasteiger partial charge < -0.3 is 5.11 Å². The molecule has 2 aromatic carbocycles. The minimum atomic E-state index is -0.0603. The lowest BCUT2D eigenvalue weighted by atomic mass is 9.90. The van der Waals surface area contributed by atoms with Gasteiger partial charge in [0.2, 0.25) is 0 Å². The number of aliphatic hydroxyl groups is 1. The van der Waals surface area contributed by atoms with Crippen molar-refractivity contribution in [2.75, 3.05) is 0 Å². The Morgan fingerprint density at radius 3 is 2.61 bits per heavy atom. The van der Waals surface area contributed by atoms with Gasteiger partial charge in [0, 0.05) is 20.1 Å². The molecule has 0 atom stereocenters. The van der Waals surface area contributed by atoms with Crippen molar-refractivity contribution in [2.45, 2.75) is 32.4 Å². The number of allylic oxidation sites excluding steroid dienone is 1. The Labute approximate surface area is 182 Å². The van der Waals surface area contributed by atoms with E-state index < -0.39 is 0 Å². The first-order valence-electron chi connectivity index (χ1n) is 9.15. The lowest BCUT2D eigenvalue weighted by Gasteiger charge is -2.19. The smallest absolute Gasteiger partial charge is 0.0917 e. The maximum atomic E-state index is 9.83. The van der Waals surface area contributed by atoms with Gasteiger partial charge in [-0.25, -0.2) is 0 Å². The lowest BCUT2D eigenvalue weighted by Crippen LogP contribution is -2.10. The molecule has 1 aliphatic rings. The summed E-state index contributed by atoms with van der Waals surface area (Å²) in [6.45, 7) is 0.477. The second-order valence-electron chi connectivity index (χ2n) is 6.90. The van der Waals surface area contributed by atoms with Crippen LogP contribution in [0.2, 0.25) is 10.0 Å². The van der Waals surface area contributed by atoms with Gasteiger partial charge in [-0.2, -0.15) is 5.10 Å². The fourth-order valence-corrected chi connectivity index (χ4v) is 4.43. The van der Waals surface area contributed by atoms with E-state index in [0.29, 0.717) is 16.6 Å². The number of hydrogen-bond donors (Lipinski definition) is 1. The molecule has 1 N–H and O–H groups in total. The van der Waals surface area contributed by atoms with Gasteiger partial charge >= 0.3 is 0 Å². The fourth-order valence-electron chi connectivity index (χ4n) is 3.70. The van der Waals surface area contributed by atoms with Crippen molar-refractivity contribution in [1.82, 2.24) is 9.78 Å². The highest BCUT2D eigenvalue weighted by Crippen LogP contribution is 2.35. The van der Waals surface area contributed by atoms with Gasteiger partial charge in [-0.1, -0.05) is 57.3 Å². The number of aromatic nitrogens is 2. The van der Waals surface area contributed by atoms with E-state index >= 15 is 0 Å². The van der Waals surface area contributed by atoms with Crippen molar-refractivity contribution in [3.8, 4) is 0 Å². The summed E-state index contributed by atoms with van der Waals surface area (Å²) in [4.78, 5) is 0. The third kappa shape index (κ3) is 4.06. The highest BCUT2D eigenvalue weighted by molar-refractivity contribution is 9.10. The van der Waals surface area contributed by atoms with Crippen LogP contribution in [0.15, 0.2) is 46.9 Å². The molecule has 0 saturated carbocycles. The van der Waals surface area contributed by atoms with Crippen LogP contribution in [0.3, 0.4) is 0 Å². The Balaban J connectivity index is 1.78. The minimum Gasteiger partial charge on any atom is -0.390 e. The van der Waals surface area contributed by atoms with E-state index in [1.165, 1.54) is 5.57 Å². The summed E-state index contributed by atoms with van der Waals surface area (Å²) >= 11 is 15.9. The molecule has 0 amide bonds. The summed E-state index contributed by atoms with van der Waals surface area (Å²) < 4.78 is 3.03. The molecule has 1 aliphatic carbocycles. The van der Waals surface area contributed by atoms with Crippen molar-refractivity contribution >= 4 is 50.8 Å². The lowest BCUT2D eigenvalue weighted by molar-refractivity contribution is 0.274. The largest absolute Gasteiger partial charge is 0.390 e. The minimum absolute atomic E-state index is 0.0603. The van der Waals surface area contributed by atoms with Crippen LogP contribution in [0.25, 0.3) is 11.6 Å². The zero-order valence-electron chi connectivity index (χ0n) is 15.1. The molecule has 0 spiro atoms. The molecule has 0 aliphatic heterocycles. The van der Waals surface area contributed by atoms with Crippen molar-refractivity contribution in [2.24, 2.45) is 0 Å².